The summed E-state index contributed by atoms with van der Waals surface area (Å²) in [4.78, 5) is 15.7. The number of sulfonamides is 1. The lowest BCUT2D eigenvalue weighted by Crippen LogP contribution is -2.34. The van der Waals surface area contributed by atoms with Crippen molar-refractivity contribution in [3.05, 3.63) is 60.2 Å². The Morgan fingerprint density at radius 3 is 2.53 bits per heavy atom. The fraction of sp³-hybridized carbons (Fsp3) is 0.364. The number of aliphatic imine (C=N–C) groups is 1. The molecule has 1 aliphatic heterocycles. The molecule has 172 valence electrons. The molecule has 0 radical (unpaired) electrons. The van der Waals surface area contributed by atoms with E-state index in [4.69, 9.17) is 4.74 Å². The van der Waals surface area contributed by atoms with Gasteiger partial charge in [0, 0.05) is 13.1 Å². The fourth-order valence-corrected chi connectivity index (χ4v) is 4.44. The number of hydrogen-bond donors (Lipinski definition) is 4. The number of unbranched alkanes of at least 4 members (excludes halogenated alkanes) is 1. The molecule has 0 saturated heterocycles. The van der Waals surface area contributed by atoms with Crippen LogP contribution in [0.25, 0.3) is 0 Å². The van der Waals surface area contributed by atoms with Crippen molar-refractivity contribution in [1.82, 2.24) is 15.4 Å². The molecule has 3 rings (SSSR count). The zero-order valence-corrected chi connectivity index (χ0v) is 18.5. The molecule has 0 spiro atoms. The van der Waals surface area contributed by atoms with Crippen molar-refractivity contribution in [2.75, 3.05) is 26.2 Å². The van der Waals surface area contributed by atoms with Crippen molar-refractivity contribution < 1.29 is 23.1 Å². The number of nitrogens with zero attached hydrogens (tertiary/aromatic N) is 1. The van der Waals surface area contributed by atoms with Crippen LogP contribution in [0.5, 0.6) is 5.75 Å². The van der Waals surface area contributed by atoms with E-state index in [0.29, 0.717) is 17.9 Å². The second-order valence-electron chi connectivity index (χ2n) is 7.29. The Morgan fingerprint density at radius 1 is 1.12 bits per heavy atom. The van der Waals surface area contributed by atoms with Gasteiger partial charge in [0.2, 0.25) is 10.0 Å². The Labute approximate surface area is 188 Å². The van der Waals surface area contributed by atoms with Gasteiger partial charge < -0.3 is 20.5 Å². The molecule has 1 aliphatic rings. The molecule has 0 fully saturated rings. The van der Waals surface area contributed by atoms with Crippen LogP contribution >= 0.6 is 0 Å². The SMILES string of the molecule is O=C(O)CC(NS(=O)(=O)c1ccccc1)c1ccc(OCCCCNC2=NCCN2)cc1. The third-order valence-corrected chi connectivity index (χ3v) is 6.31. The minimum Gasteiger partial charge on any atom is -0.494 e. The van der Waals surface area contributed by atoms with Gasteiger partial charge in [0.25, 0.3) is 0 Å². The smallest absolute Gasteiger partial charge is 0.305 e. The van der Waals surface area contributed by atoms with E-state index < -0.39 is 22.0 Å². The zero-order chi connectivity index (χ0) is 22.8. The molecule has 1 heterocycles. The van der Waals surface area contributed by atoms with E-state index >= 15 is 0 Å². The quantitative estimate of drug-likeness (QED) is 0.356. The normalized spacial score (nSPS) is 14.3. The maximum Gasteiger partial charge on any atom is 0.305 e. The number of guanidine groups is 1. The Kier molecular flexibility index (Phi) is 8.46. The van der Waals surface area contributed by atoms with E-state index in [9.17, 15) is 18.3 Å². The number of aliphatic carboxylic acids is 1. The molecule has 0 amide bonds. The largest absolute Gasteiger partial charge is 0.494 e. The van der Waals surface area contributed by atoms with Crippen molar-refractivity contribution in [3.8, 4) is 5.75 Å². The van der Waals surface area contributed by atoms with Gasteiger partial charge in [-0.2, -0.15) is 0 Å². The molecule has 32 heavy (non-hydrogen) atoms. The fourth-order valence-electron chi connectivity index (χ4n) is 3.19. The van der Waals surface area contributed by atoms with Crippen LogP contribution in [0.2, 0.25) is 0 Å². The van der Waals surface area contributed by atoms with Gasteiger partial charge in [0.1, 0.15) is 5.75 Å². The Morgan fingerprint density at radius 2 is 1.88 bits per heavy atom. The van der Waals surface area contributed by atoms with Gasteiger partial charge in [-0.1, -0.05) is 30.3 Å². The summed E-state index contributed by atoms with van der Waals surface area (Å²) in [5, 5.41) is 15.6. The second kappa shape index (κ2) is 11.5. The predicted molar refractivity (Wildman–Crippen MR) is 121 cm³/mol. The van der Waals surface area contributed by atoms with Crippen LogP contribution in [-0.2, 0) is 14.8 Å². The number of carboxylic acid groups (broad SMARTS) is 1. The van der Waals surface area contributed by atoms with Crippen molar-refractivity contribution >= 4 is 22.0 Å². The van der Waals surface area contributed by atoms with Gasteiger partial charge in [-0.25, -0.2) is 13.1 Å². The van der Waals surface area contributed by atoms with E-state index in [0.717, 1.165) is 38.4 Å². The lowest BCUT2D eigenvalue weighted by Gasteiger charge is -2.18. The Bertz CT molecular complexity index is 1010. The van der Waals surface area contributed by atoms with Crippen LogP contribution < -0.4 is 20.1 Å². The molecule has 1 unspecified atom stereocenters. The molecule has 9 nitrogen and oxygen atoms in total. The van der Waals surface area contributed by atoms with Crippen molar-refractivity contribution in [1.29, 1.82) is 0 Å². The molecule has 4 N–H and O–H groups in total. The standard InChI is InChI=1S/C22H28N4O5S/c27-21(28)16-20(26-32(29,30)19-6-2-1-3-7-19)17-8-10-18(11-9-17)31-15-5-4-12-23-22-24-13-14-25-22/h1-3,6-11,20,26H,4-5,12-16H2,(H,27,28)(H2,23,24,25). The molecule has 1 atom stereocenters. The van der Waals surface area contributed by atoms with Crippen molar-refractivity contribution in [2.45, 2.75) is 30.2 Å². The Hall–Kier alpha value is -3.11. The lowest BCUT2D eigenvalue weighted by atomic mass is 10.0. The molecule has 0 aliphatic carbocycles. The van der Waals surface area contributed by atoms with Gasteiger partial charge >= 0.3 is 5.97 Å². The van der Waals surface area contributed by atoms with Crippen LogP contribution in [0.15, 0.2) is 64.5 Å². The maximum absolute atomic E-state index is 12.6. The third kappa shape index (κ3) is 7.24. The Balaban J connectivity index is 1.52. The highest BCUT2D eigenvalue weighted by Gasteiger charge is 2.23. The first-order valence-corrected chi connectivity index (χ1v) is 12.0. The average Bonchev–Trinajstić information content (AvgIpc) is 3.30. The van der Waals surface area contributed by atoms with Gasteiger partial charge in [-0.05, 0) is 42.7 Å². The third-order valence-electron chi connectivity index (χ3n) is 4.82. The summed E-state index contributed by atoms with van der Waals surface area (Å²) < 4.78 is 33.5. The van der Waals surface area contributed by atoms with Gasteiger partial charge in [-0.3, -0.25) is 9.79 Å². The number of hydrogen-bond acceptors (Lipinski definition) is 7. The monoisotopic (exact) mass is 460 g/mol. The average molecular weight is 461 g/mol. The summed E-state index contributed by atoms with van der Waals surface area (Å²) in [5.74, 6) is 0.391. The first-order chi connectivity index (χ1) is 15.4. The van der Waals surface area contributed by atoms with Crippen LogP contribution in [0.3, 0.4) is 0 Å². The van der Waals surface area contributed by atoms with E-state index in [-0.39, 0.29) is 11.3 Å². The van der Waals surface area contributed by atoms with Crippen LogP contribution in [0.4, 0.5) is 0 Å². The number of carbonyl (C=O) groups is 1. The highest BCUT2D eigenvalue weighted by molar-refractivity contribution is 7.89. The molecular weight excluding hydrogens is 432 g/mol. The molecule has 0 saturated carbocycles. The molecule has 2 aromatic rings. The second-order valence-corrected chi connectivity index (χ2v) is 9.01. The number of nitrogens with one attached hydrogen (secondary N) is 3. The summed E-state index contributed by atoms with van der Waals surface area (Å²) >= 11 is 0. The summed E-state index contributed by atoms with van der Waals surface area (Å²) in [5.41, 5.74) is 0.549. The zero-order valence-electron chi connectivity index (χ0n) is 17.7. The molecule has 10 heteroatoms. The summed E-state index contributed by atoms with van der Waals surface area (Å²) in [6.07, 6.45) is 1.42. The predicted octanol–water partition coefficient (Wildman–Crippen LogP) is 1.89. The minimum absolute atomic E-state index is 0.0839. The number of rotatable bonds is 12. The van der Waals surface area contributed by atoms with Crippen LogP contribution in [-0.4, -0.2) is 51.7 Å². The van der Waals surface area contributed by atoms with Gasteiger partial charge in [0.05, 0.1) is 30.5 Å². The van der Waals surface area contributed by atoms with Crippen molar-refractivity contribution in [2.24, 2.45) is 4.99 Å². The maximum atomic E-state index is 12.6. The van der Waals surface area contributed by atoms with E-state index in [1.54, 1.807) is 42.5 Å². The van der Waals surface area contributed by atoms with Crippen LogP contribution in [0, 0.1) is 0 Å². The summed E-state index contributed by atoms with van der Waals surface area (Å²) in [6, 6.07) is 13.8. The molecular formula is C22H28N4O5S. The summed E-state index contributed by atoms with van der Waals surface area (Å²) in [7, 11) is -3.86. The van der Waals surface area contributed by atoms with E-state index in [1.165, 1.54) is 12.1 Å². The van der Waals surface area contributed by atoms with Gasteiger partial charge in [0.15, 0.2) is 5.96 Å². The lowest BCUT2D eigenvalue weighted by molar-refractivity contribution is -0.137. The number of benzene rings is 2. The van der Waals surface area contributed by atoms with Gasteiger partial charge in [-0.15, -0.1) is 0 Å². The number of carboxylic acids is 1. The van der Waals surface area contributed by atoms with E-state index in [2.05, 4.69) is 20.3 Å². The highest BCUT2D eigenvalue weighted by atomic mass is 32.2. The first kappa shape index (κ1) is 23.6. The van der Waals surface area contributed by atoms with Crippen molar-refractivity contribution in [3.63, 3.8) is 0 Å². The van der Waals surface area contributed by atoms with Crippen LogP contribution in [0.1, 0.15) is 30.9 Å². The topological polar surface area (TPSA) is 129 Å². The highest BCUT2D eigenvalue weighted by Crippen LogP contribution is 2.23. The molecule has 0 aromatic heterocycles. The molecule has 2 aromatic carbocycles. The number of ether oxygens (including phenoxy) is 1. The minimum atomic E-state index is -3.86. The molecule has 0 bridgehead atoms. The van der Waals surface area contributed by atoms with E-state index in [1.807, 2.05) is 0 Å². The first-order valence-electron chi connectivity index (χ1n) is 10.5. The summed E-state index contributed by atoms with van der Waals surface area (Å²) in [6.45, 7) is 3.04.